The molecule has 0 saturated heterocycles. The van der Waals surface area contributed by atoms with Crippen LogP contribution in [0, 0.1) is 6.92 Å². The molecule has 0 aliphatic heterocycles. The van der Waals surface area contributed by atoms with Gasteiger partial charge in [-0.1, -0.05) is 11.3 Å². The topological polar surface area (TPSA) is 70.2 Å². The number of anilines is 4. The average molecular weight is 402 g/mol. The lowest BCUT2D eigenvalue weighted by Crippen LogP contribution is -2.21. The van der Waals surface area contributed by atoms with Crippen molar-refractivity contribution in [1.29, 1.82) is 0 Å². The molecular formula is C19H23N5OS2. The third-order valence-electron chi connectivity index (χ3n) is 4.06. The Morgan fingerprint density at radius 1 is 1.11 bits per heavy atom. The number of nitrogens with one attached hydrogen (secondary N) is 2. The van der Waals surface area contributed by atoms with Crippen LogP contribution in [0.3, 0.4) is 0 Å². The molecule has 0 aliphatic rings. The molecule has 0 atom stereocenters. The molecular weight excluding hydrogens is 378 g/mol. The Balaban J connectivity index is 1.73. The summed E-state index contributed by atoms with van der Waals surface area (Å²) in [6.45, 7) is 9.71. The molecule has 2 heterocycles. The number of aryl methyl sites for hydroxylation is 1. The van der Waals surface area contributed by atoms with Crippen LogP contribution in [0.25, 0.3) is 10.6 Å². The average Bonchev–Trinajstić information content (AvgIpc) is 3.23. The van der Waals surface area contributed by atoms with Gasteiger partial charge in [0.1, 0.15) is 0 Å². The van der Waals surface area contributed by atoms with Crippen molar-refractivity contribution in [1.82, 2.24) is 9.97 Å². The second kappa shape index (κ2) is 8.49. The minimum Gasteiger partial charge on any atom is -0.372 e. The lowest BCUT2D eigenvalue weighted by molar-refractivity contribution is -0.114. The highest BCUT2D eigenvalue weighted by Crippen LogP contribution is 2.35. The third kappa shape index (κ3) is 4.64. The highest BCUT2D eigenvalue weighted by atomic mass is 32.1. The van der Waals surface area contributed by atoms with Gasteiger partial charge in [0.25, 0.3) is 0 Å². The van der Waals surface area contributed by atoms with Crippen LogP contribution in [0.4, 0.5) is 21.6 Å². The van der Waals surface area contributed by atoms with Gasteiger partial charge >= 0.3 is 0 Å². The van der Waals surface area contributed by atoms with E-state index in [1.807, 2.05) is 12.3 Å². The lowest BCUT2D eigenvalue weighted by atomic mass is 10.2. The summed E-state index contributed by atoms with van der Waals surface area (Å²) in [6, 6.07) is 8.39. The number of thiazole rings is 2. The summed E-state index contributed by atoms with van der Waals surface area (Å²) in [5, 5.41) is 9.52. The molecule has 0 fully saturated rings. The van der Waals surface area contributed by atoms with Gasteiger partial charge in [-0.25, -0.2) is 9.97 Å². The Hall–Kier alpha value is -2.45. The minimum atomic E-state index is -0.121. The summed E-state index contributed by atoms with van der Waals surface area (Å²) in [6.07, 6.45) is 0. The second-order valence-corrected chi connectivity index (χ2v) is 7.85. The summed E-state index contributed by atoms with van der Waals surface area (Å²) < 4.78 is 0. The van der Waals surface area contributed by atoms with E-state index in [4.69, 9.17) is 0 Å². The van der Waals surface area contributed by atoms with Crippen LogP contribution in [-0.4, -0.2) is 29.0 Å². The maximum Gasteiger partial charge on any atom is 0.223 e. The standard InChI is InChI=1S/C19H23N5OS2/c1-5-24(6-2)15-9-7-14(8-10-15)22-18-23-16(11-26-18)17-12(3)20-19(27-17)21-13(4)25/h7-11H,5-6H2,1-4H3,(H,22,23)(H,20,21,25). The molecule has 2 N–H and O–H groups in total. The molecule has 27 heavy (non-hydrogen) atoms. The number of rotatable bonds is 7. The summed E-state index contributed by atoms with van der Waals surface area (Å²) in [5.74, 6) is -0.121. The lowest BCUT2D eigenvalue weighted by Gasteiger charge is -2.21. The predicted molar refractivity (Wildman–Crippen MR) is 116 cm³/mol. The Bertz CT molecular complexity index is 913. The van der Waals surface area contributed by atoms with Gasteiger partial charge in [-0.3, -0.25) is 4.79 Å². The van der Waals surface area contributed by atoms with Crippen LogP contribution >= 0.6 is 22.7 Å². The van der Waals surface area contributed by atoms with Gasteiger partial charge in [0.15, 0.2) is 10.3 Å². The Morgan fingerprint density at radius 3 is 2.44 bits per heavy atom. The van der Waals surface area contributed by atoms with Crippen LogP contribution < -0.4 is 15.5 Å². The zero-order valence-corrected chi connectivity index (χ0v) is 17.5. The van der Waals surface area contributed by atoms with Gasteiger partial charge in [-0.15, -0.1) is 11.3 Å². The largest absolute Gasteiger partial charge is 0.372 e. The van der Waals surface area contributed by atoms with Crippen LogP contribution in [-0.2, 0) is 4.79 Å². The van der Waals surface area contributed by atoms with E-state index >= 15 is 0 Å². The number of hydrogen-bond donors (Lipinski definition) is 2. The van der Waals surface area contributed by atoms with E-state index in [0.29, 0.717) is 5.13 Å². The van der Waals surface area contributed by atoms with Gasteiger partial charge in [-0.2, -0.15) is 0 Å². The number of carbonyl (C=O) groups is 1. The number of benzene rings is 1. The van der Waals surface area contributed by atoms with Gasteiger partial charge < -0.3 is 15.5 Å². The fourth-order valence-electron chi connectivity index (χ4n) is 2.74. The van der Waals surface area contributed by atoms with Crippen LogP contribution in [0.1, 0.15) is 26.5 Å². The van der Waals surface area contributed by atoms with E-state index in [0.717, 1.165) is 40.2 Å². The molecule has 3 rings (SSSR count). The quantitative estimate of drug-likeness (QED) is 0.575. The molecule has 0 spiro atoms. The first kappa shape index (κ1) is 19.3. The van der Waals surface area contributed by atoms with Crippen molar-refractivity contribution in [2.75, 3.05) is 28.6 Å². The Morgan fingerprint density at radius 2 is 1.81 bits per heavy atom. The summed E-state index contributed by atoms with van der Waals surface area (Å²) >= 11 is 2.99. The van der Waals surface area contributed by atoms with Crippen molar-refractivity contribution >= 4 is 50.2 Å². The summed E-state index contributed by atoms with van der Waals surface area (Å²) in [4.78, 5) is 23.6. The smallest absolute Gasteiger partial charge is 0.223 e. The molecule has 3 aromatic rings. The van der Waals surface area contributed by atoms with Gasteiger partial charge in [0.05, 0.1) is 16.3 Å². The highest BCUT2D eigenvalue weighted by molar-refractivity contribution is 7.20. The number of amides is 1. The minimum absolute atomic E-state index is 0.121. The van der Waals surface area contributed by atoms with Crippen LogP contribution in [0.5, 0.6) is 0 Å². The van der Waals surface area contributed by atoms with Crippen LogP contribution in [0.2, 0.25) is 0 Å². The highest BCUT2D eigenvalue weighted by Gasteiger charge is 2.14. The van der Waals surface area contributed by atoms with Gasteiger partial charge in [-0.05, 0) is 45.0 Å². The van der Waals surface area contributed by atoms with E-state index < -0.39 is 0 Å². The zero-order valence-electron chi connectivity index (χ0n) is 15.9. The van der Waals surface area contributed by atoms with Gasteiger partial charge in [0, 0.05) is 36.8 Å². The predicted octanol–water partition coefficient (Wildman–Crippen LogP) is 5.12. The molecule has 2 aromatic heterocycles. The maximum atomic E-state index is 11.2. The molecule has 8 heteroatoms. The Labute approximate surface area is 167 Å². The normalized spacial score (nSPS) is 10.7. The number of hydrogen-bond acceptors (Lipinski definition) is 7. The van der Waals surface area contributed by atoms with E-state index in [1.54, 1.807) is 11.3 Å². The first-order chi connectivity index (χ1) is 13.0. The monoisotopic (exact) mass is 401 g/mol. The van der Waals surface area contributed by atoms with E-state index in [2.05, 4.69) is 63.6 Å². The Kier molecular flexibility index (Phi) is 6.08. The maximum absolute atomic E-state index is 11.2. The molecule has 0 bridgehead atoms. The van der Waals surface area contributed by atoms with Crippen molar-refractivity contribution in [2.24, 2.45) is 0 Å². The van der Waals surface area contributed by atoms with Gasteiger partial charge in [0.2, 0.25) is 5.91 Å². The van der Waals surface area contributed by atoms with E-state index in [1.165, 1.54) is 23.9 Å². The van der Waals surface area contributed by atoms with Crippen molar-refractivity contribution in [3.05, 3.63) is 35.3 Å². The fourth-order valence-corrected chi connectivity index (χ4v) is 4.51. The van der Waals surface area contributed by atoms with Crippen molar-refractivity contribution in [3.8, 4) is 10.6 Å². The number of nitrogens with zero attached hydrogens (tertiary/aromatic N) is 3. The third-order valence-corrected chi connectivity index (χ3v) is 5.92. The first-order valence-corrected chi connectivity index (χ1v) is 10.5. The molecule has 0 aliphatic carbocycles. The molecule has 0 radical (unpaired) electrons. The molecule has 1 aromatic carbocycles. The van der Waals surface area contributed by atoms with Crippen molar-refractivity contribution in [2.45, 2.75) is 27.7 Å². The summed E-state index contributed by atoms with van der Waals surface area (Å²) in [5.41, 5.74) is 3.96. The van der Waals surface area contributed by atoms with E-state index in [9.17, 15) is 4.79 Å². The first-order valence-electron chi connectivity index (χ1n) is 8.83. The van der Waals surface area contributed by atoms with Crippen LogP contribution in [0.15, 0.2) is 29.6 Å². The fraction of sp³-hybridized carbons (Fsp3) is 0.316. The summed E-state index contributed by atoms with van der Waals surface area (Å²) in [7, 11) is 0. The second-order valence-electron chi connectivity index (χ2n) is 6.00. The zero-order chi connectivity index (χ0) is 19.4. The molecule has 142 valence electrons. The molecule has 0 saturated carbocycles. The van der Waals surface area contributed by atoms with E-state index in [-0.39, 0.29) is 5.91 Å². The SMILES string of the molecule is CCN(CC)c1ccc(Nc2nc(-c3sc(NC(C)=O)nc3C)cs2)cc1. The number of aromatic nitrogens is 2. The van der Waals surface area contributed by atoms with Crippen molar-refractivity contribution in [3.63, 3.8) is 0 Å². The van der Waals surface area contributed by atoms with Crippen molar-refractivity contribution < 1.29 is 4.79 Å². The molecule has 1 amide bonds. The molecule has 6 nitrogen and oxygen atoms in total. The molecule has 0 unspecified atom stereocenters. The number of carbonyl (C=O) groups excluding carboxylic acids is 1.